The van der Waals surface area contributed by atoms with Crippen LogP contribution in [0, 0.1) is 18.5 Å². The zero-order valence-electron chi connectivity index (χ0n) is 15.5. The Morgan fingerprint density at radius 3 is 2.40 bits per heavy atom. The molecule has 2 aromatic carbocycles. The number of nitrogens with zero attached hydrogens (tertiary/aromatic N) is 1. The van der Waals surface area contributed by atoms with E-state index in [0.29, 0.717) is 27.0 Å². The Kier molecular flexibility index (Phi) is 9.67. The van der Waals surface area contributed by atoms with Crippen molar-refractivity contribution in [1.82, 2.24) is 0 Å². The Morgan fingerprint density at radius 1 is 1.17 bits per heavy atom. The van der Waals surface area contributed by atoms with Crippen molar-refractivity contribution in [2.24, 2.45) is 0 Å². The first-order valence-corrected chi connectivity index (χ1v) is 11.3. The van der Waals surface area contributed by atoms with Crippen molar-refractivity contribution in [3.63, 3.8) is 0 Å². The topological polar surface area (TPSA) is 88.4 Å². The van der Waals surface area contributed by atoms with Gasteiger partial charge in [-0.1, -0.05) is 23.2 Å². The van der Waals surface area contributed by atoms with Gasteiger partial charge >= 0.3 is 5.97 Å². The van der Waals surface area contributed by atoms with E-state index < -0.39 is 11.9 Å². The van der Waals surface area contributed by atoms with Crippen molar-refractivity contribution >= 4 is 92.0 Å². The van der Waals surface area contributed by atoms with E-state index in [-0.39, 0.29) is 18.8 Å². The Labute approximate surface area is 210 Å². The van der Waals surface area contributed by atoms with E-state index in [1.807, 2.05) is 6.07 Å². The second-order valence-electron chi connectivity index (χ2n) is 5.66. The van der Waals surface area contributed by atoms with Gasteiger partial charge in [-0.25, -0.2) is 4.79 Å². The van der Waals surface area contributed by atoms with Gasteiger partial charge in [0.2, 0.25) is 0 Å². The van der Waals surface area contributed by atoms with Crippen molar-refractivity contribution in [1.29, 1.82) is 5.26 Å². The van der Waals surface area contributed by atoms with E-state index in [0.717, 1.165) is 7.14 Å². The maximum atomic E-state index is 12.5. The molecule has 0 atom stereocenters. The molecule has 0 heterocycles. The highest BCUT2D eigenvalue weighted by Crippen LogP contribution is 2.30. The van der Waals surface area contributed by atoms with Crippen LogP contribution in [0.5, 0.6) is 5.75 Å². The largest absolute Gasteiger partial charge is 0.480 e. The fraction of sp³-hybridized carbons (Fsp3) is 0.150. The summed E-state index contributed by atoms with van der Waals surface area (Å²) >= 11 is 15.9. The van der Waals surface area contributed by atoms with Crippen LogP contribution in [0.1, 0.15) is 12.5 Å². The monoisotopic (exact) mass is 670 g/mol. The highest BCUT2D eigenvalue weighted by molar-refractivity contribution is 14.1. The number of hydrogen-bond donors (Lipinski definition) is 1. The van der Waals surface area contributed by atoms with Crippen LogP contribution in [-0.4, -0.2) is 25.1 Å². The lowest BCUT2D eigenvalue weighted by Crippen LogP contribution is -2.15. The summed E-state index contributed by atoms with van der Waals surface area (Å²) in [5.74, 6) is -0.512. The predicted molar refractivity (Wildman–Crippen MR) is 133 cm³/mol. The first-order valence-electron chi connectivity index (χ1n) is 8.40. The zero-order chi connectivity index (χ0) is 22.3. The van der Waals surface area contributed by atoms with Gasteiger partial charge in [0.15, 0.2) is 6.61 Å². The summed E-state index contributed by atoms with van der Waals surface area (Å²) in [7, 11) is 0. The molecule has 0 saturated heterocycles. The van der Waals surface area contributed by atoms with E-state index in [9.17, 15) is 14.9 Å². The van der Waals surface area contributed by atoms with Crippen LogP contribution < -0.4 is 10.1 Å². The van der Waals surface area contributed by atoms with Crippen LogP contribution in [0.25, 0.3) is 6.08 Å². The quantitative estimate of drug-likeness (QED) is 0.177. The Balaban J connectivity index is 2.20. The summed E-state index contributed by atoms with van der Waals surface area (Å²) in [5.41, 5.74) is 0.961. The summed E-state index contributed by atoms with van der Waals surface area (Å²) in [6.07, 6.45) is 1.46. The Morgan fingerprint density at radius 2 is 1.83 bits per heavy atom. The zero-order valence-corrected chi connectivity index (χ0v) is 21.3. The molecule has 0 unspecified atom stereocenters. The molecule has 2 rings (SSSR count). The first-order chi connectivity index (χ1) is 14.2. The van der Waals surface area contributed by atoms with Crippen LogP contribution in [0.2, 0.25) is 10.0 Å². The molecule has 6 nitrogen and oxygen atoms in total. The van der Waals surface area contributed by atoms with Crippen molar-refractivity contribution in [2.45, 2.75) is 6.92 Å². The number of nitriles is 1. The van der Waals surface area contributed by atoms with Gasteiger partial charge in [0.05, 0.1) is 23.8 Å². The minimum absolute atomic E-state index is 0.0899. The number of carbonyl (C=O) groups is 2. The van der Waals surface area contributed by atoms with Gasteiger partial charge in [-0.2, -0.15) is 5.26 Å². The summed E-state index contributed by atoms with van der Waals surface area (Å²) < 4.78 is 11.8. The van der Waals surface area contributed by atoms with E-state index >= 15 is 0 Å². The second-order valence-corrected chi connectivity index (χ2v) is 8.80. The molecule has 0 radical (unpaired) electrons. The van der Waals surface area contributed by atoms with Gasteiger partial charge in [0.1, 0.15) is 17.4 Å². The van der Waals surface area contributed by atoms with Crippen LogP contribution >= 0.6 is 68.4 Å². The van der Waals surface area contributed by atoms with Crippen molar-refractivity contribution in [2.75, 3.05) is 18.5 Å². The predicted octanol–water partition coefficient (Wildman–Crippen LogP) is 5.69. The van der Waals surface area contributed by atoms with Gasteiger partial charge in [-0.3, -0.25) is 4.79 Å². The molecule has 0 bridgehead atoms. The number of rotatable bonds is 7. The van der Waals surface area contributed by atoms with E-state index in [4.69, 9.17) is 32.7 Å². The van der Waals surface area contributed by atoms with Crippen molar-refractivity contribution in [3.8, 4) is 11.8 Å². The molecular weight excluding hydrogens is 657 g/mol. The molecule has 30 heavy (non-hydrogen) atoms. The number of anilines is 1. The van der Waals surface area contributed by atoms with E-state index in [1.165, 1.54) is 12.1 Å². The lowest BCUT2D eigenvalue weighted by Gasteiger charge is -2.11. The SMILES string of the molecule is CCOC(=O)COc1c(I)cc(/C=C(\C#N)C(=O)Nc2ccc(Cl)c(Cl)c2)cc1I. The minimum Gasteiger partial charge on any atom is -0.480 e. The molecule has 1 amide bonds. The lowest BCUT2D eigenvalue weighted by molar-refractivity contribution is -0.145. The maximum Gasteiger partial charge on any atom is 0.344 e. The average Bonchev–Trinajstić information content (AvgIpc) is 2.68. The third-order valence-corrected chi connectivity index (χ3v) is 5.86. The fourth-order valence-electron chi connectivity index (χ4n) is 2.22. The van der Waals surface area contributed by atoms with E-state index in [2.05, 4.69) is 50.5 Å². The van der Waals surface area contributed by atoms with E-state index in [1.54, 1.807) is 31.2 Å². The summed E-state index contributed by atoms with van der Waals surface area (Å²) in [6, 6.07) is 10.0. The number of carbonyl (C=O) groups excluding carboxylic acids is 2. The number of esters is 1. The molecule has 0 saturated carbocycles. The molecule has 0 fully saturated rings. The molecule has 10 heteroatoms. The number of halogens is 4. The van der Waals surface area contributed by atoms with Crippen LogP contribution in [-0.2, 0) is 14.3 Å². The van der Waals surface area contributed by atoms with Crippen LogP contribution in [0.4, 0.5) is 5.69 Å². The number of benzene rings is 2. The van der Waals surface area contributed by atoms with Crippen LogP contribution in [0.3, 0.4) is 0 Å². The molecule has 2 aromatic rings. The first kappa shape index (κ1) is 24.7. The molecule has 1 N–H and O–H groups in total. The second kappa shape index (κ2) is 11.7. The van der Waals surface area contributed by atoms with Crippen LogP contribution in [0.15, 0.2) is 35.9 Å². The lowest BCUT2D eigenvalue weighted by atomic mass is 10.1. The highest BCUT2D eigenvalue weighted by atomic mass is 127. The fourth-order valence-corrected chi connectivity index (χ4v) is 4.65. The number of amides is 1. The minimum atomic E-state index is -0.580. The number of ether oxygens (including phenoxy) is 2. The van der Waals surface area contributed by atoms with Gasteiger partial charge in [0.25, 0.3) is 5.91 Å². The third-order valence-electron chi connectivity index (χ3n) is 3.51. The summed E-state index contributed by atoms with van der Waals surface area (Å²) in [5, 5.41) is 12.7. The Hall–Kier alpha value is -1.55. The molecular formula is C20H14Cl2I2N2O4. The normalized spacial score (nSPS) is 10.9. The highest BCUT2D eigenvalue weighted by Gasteiger charge is 2.14. The third kappa shape index (κ3) is 7.01. The number of hydrogen-bond acceptors (Lipinski definition) is 5. The van der Waals surface area contributed by atoms with Gasteiger partial charge in [-0.05, 0) is 94.1 Å². The summed E-state index contributed by atoms with van der Waals surface area (Å²) in [6.45, 7) is 1.79. The Bertz CT molecular complexity index is 1030. The molecule has 156 valence electrons. The van der Waals surface area contributed by atoms with Crippen molar-refractivity contribution in [3.05, 3.63) is 58.7 Å². The van der Waals surface area contributed by atoms with Gasteiger partial charge < -0.3 is 14.8 Å². The standard InChI is InChI=1S/C20H14Cl2I2N2O4/c1-2-29-18(27)10-30-19-16(23)6-11(7-17(19)24)5-12(9-25)20(28)26-13-3-4-14(21)15(22)8-13/h3-8H,2,10H2,1H3,(H,26,28)/b12-5+. The van der Waals surface area contributed by atoms with Crippen molar-refractivity contribution < 1.29 is 19.1 Å². The molecule has 0 aliphatic rings. The number of nitrogens with one attached hydrogen (secondary N) is 1. The molecule has 0 spiro atoms. The molecule has 0 aliphatic carbocycles. The van der Waals surface area contributed by atoms with Gasteiger partial charge in [-0.15, -0.1) is 0 Å². The average molecular weight is 671 g/mol. The smallest absolute Gasteiger partial charge is 0.344 e. The molecule has 0 aromatic heterocycles. The van der Waals surface area contributed by atoms with Gasteiger partial charge in [0, 0.05) is 5.69 Å². The maximum absolute atomic E-state index is 12.5. The molecule has 0 aliphatic heterocycles. The summed E-state index contributed by atoms with van der Waals surface area (Å²) in [4.78, 5) is 24.0.